The molecule has 2 aromatic heterocycles. The topological polar surface area (TPSA) is 121 Å². The predicted molar refractivity (Wildman–Crippen MR) is 116 cm³/mol. The second-order valence-electron chi connectivity index (χ2n) is 6.80. The van der Waals surface area contributed by atoms with Crippen LogP contribution < -0.4 is 21.3 Å². The molecule has 1 aliphatic heterocycles. The number of nitrogens with zero attached hydrogens (tertiary/aromatic N) is 3. The molecule has 1 amide bonds. The summed E-state index contributed by atoms with van der Waals surface area (Å²) in [6.07, 6.45) is 1.81. The third-order valence-corrected chi connectivity index (χ3v) is 4.95. The Labute approximate surface area is 178 Å². The first kappa shape index (κ1) is 20.0. The number of halogens is 1. The van der Waals surface area contributed by atoms with E-state index in [1.54, 1.807) is 18.2 Å². The van der Waals surface area contributed by atoms with E-state index in [1.807, 2.05) is 24.4 Å². The van der Waals surface area contributed by atoms with Gasteiger partial charge < -0.3 is 26.0 Å². The zero-order valence-electron chi connectivity index (χ0n) is 16.2. The molecule has 0 saturated carbocycles. The number of aromatic amines is 1. The Morgan fingerprint density at radius 2 is 2.10 bits per heavy atom. The number of morpholine rings is 1. The Morgan fingerprint density at radius 3 is 2.80 bits per heavy atom. The molecule has 0 aliphatic carbocycles. The third-order valence-electron chi connectivity index (χ3n) is 4.71. The molecule has 1 aromatic carbocycles. The summed E-state index contributed by atoms with van der Waals surface area (Å²) in [5.74, 6) is 1.09. The van der Waals surface area contributed by atoms with E-state index in [2.05, 4.69) is 30.7 Å². The molecule has 0 atom stereocenters. The summed E-state index contributed by atoms with van der Waals surface area (Å²) in [6, 6.07) is 11.1. The smallest absolute Gasteiger partial charge is 0.256 e. The Bertz CT molecular complexity index is 1020. The molecule has 0 spiro atoms. The van der Waals surface area contributed by atoms with Crippen molar-refractivity contribution in [3.63, 3.8) is 0 Å². The summed E-state index contributed by atoms with van der Waals surface area (Å²) in [5.41, 5.74) is 7.48. The zero-order chi connectivity index (χ0) is 20.9. The van der Waals surface area contributed by atoms with Crippen LogP contribution in [0.2, 0.25) is 5.02 Å². The molecule has 1 aliphatic rings. The van der Waals surface area contributed by atoms with Gasteiger partial charge in [-0.1, -0.05) is 23.7 Å². The highest BCUT2D eigenvalue weighted by molar-refractivity contribution is 6.30. The highest BCUT2D eigenvalue weighted by Gasteiger charge is 2.19. The van der Waals surface area contributed by atoms with Gasteiger partial charge in [0.15, 0.2) is 5.82 Å². The molecule has 9 nitrogen and oxygen atoms in total. The first-order chi connectivity index (χ1) is 14.6. The number of carbonyl (C=O) groups excluding carboxylic acids is 1. The Hall–Kier alpha value is -3.30. The van der Waals surface area contributed by atoms with E-state index < -0.39 is 5.91 Å². The molecule has 3 aromatic rings. The average Bonchev–Trinajstić information content (AvgIpc) is 3.16. The van der Waals surface area contributed by atoms with E-state index >= 15 is 0 Å². The van der Waals surface area contributed by atoms with Crippen LogP contribution in [0.1, 0.15) is 15.9 Å². The number of hydrogen-bond donors (Lipinski definition) is 4. The summed E-state index contributed by atoms with van der Waals surface area (Å²) in [5, 5.41) is 13.8. The number of rotatable bonds is 7. The summed E-state index contributed by atoms with van der Waals surface area (Å²) in [4.78, 5) is 18.7. The fourth-order valence-electron chi connectivity index (χ4n) is 3.19. The van der Waals surface area contributed by atoms with Crippen molar-refractivity contribution in [1.29, 1.82) is 0 Å². The number of H-pyrrole nitrogens is 1. The minimum atomic E-state index is -0.600. The Morgan fingerprint density at radius 1 is 1.27 bits per heavy atom. The minimum absolute atomic E-state index is 0.243. The molecule has 10 heteroatoms. The Kier molecular flexibility index (Phi) is 6.01. The molecule has 5 N–H and O–H groups in total. The Balaban J connectivity index is 1.44. The molecule has 3 heterocycles. The molecule has 1 saturated heterocycles. The van der Waals surface area contributed by atoms with Crippen LogP contribution in [0.15, 0.2) is 42.6 Å². The van der Waals surface area contributed by atoms with Gasteiger partial charge in [0, 0.05) is 36.5 Å². The number of carbonyl (C=O) groups is 1. The van der Waals surface area contributed by atoms with Crippen molar-refractivity contribution in [2.45, 2.75) is 6.54 Å². The predicted octanol–water partition coefficient (Wildman–Crippen LogP) is 2.75. The van der Waals surface area contributed by atoms with E-state index in [1.165, 1.54) is 0 Å². The molecule has 30 heavy (non-hydrogen) atoms. The highest BCUT2D eigenvalue weighted by Crippen LogP contribution is 2.26. The standard InChI is InChI=1S/C20H22ClN7O2/c21-14-2-1-3-15(10-14)25-20-17(18(22)29)19(26-27-20)24-12-13-4-5-16(23-11-13)28-6-8-30-9-7-28/h1-5,10-11H,6-9,12H2,(H2,22,29)(H3,24,25,26,27). The van der Waals surface area contributed by atoms with Crippen LogP contribution in [0, 0.1) is 0 Å². The maximum Gasteiger partial charge on any atom is 0.256 e. The van der Waals surface area contributed by atoms with Crippen molar-refractivity contribution in [3.8, 4) is 0 Å². The SMILES string of the molecule is NC(=O)c1c(Nc2cccc(Cl)c2)n[nH]c1NCc1ccc(N2CCOCC2)nc1. The number of aromatic nitrogens is 3. The van der Waals surface area contributed by atoms with E-state index in [4.69, 9.17) is 22.1 Å². The summed E-state index contributed by atoms with van der Waals surface area (Å²) in [7, 11) is 0. The van der Waals surface area contributed by atoms with Gasteiger partial charge in [0.25, 0.3) is 5.91 Å². The second-order valence-corrected chi connectivity index (χ2v) is 7.24. The number of primary amides is 1. The van der Waals surface area contributed by atoms with E-state index in [-0.39, 0.29) is 5.56 Å². The molecule has 4 rings (SSSR count). The monoisotopic (exact) mass is 427 g/mol. The van der Waals surface area contributed by atoms with Gasteiger partial charge in [-0.2, -0.15) is 5.10 Å². The summed E-state index contributed by atoms with van der Waals surface area (Å²) in [6.45, 7) is 3.56. The lowest BCUT2D eigenvalue weighted by atomic mass is 10.2. The van der Waals surface area contributed by atoms with Crippen LogP contribution in [-0.4, -0.2) is 47.4 Å². The fraction of sp³-hybridized carbons (Fsp3) is 0.250. The van der Waals surface area contributed by atoms with Gasteiger partial charge in [0.2, 0.25) is 0 Å². The summed E-state index contributed by atoms with van der Waals surface area (Å²) >= 11 is 6.01. The lowest BCUT2D eigenvalue weighted by Gasteiger charge is -2.27. The van der Waals surface area contributed by atoms with Crippen molar-refractivity contribution in [1.82, 2.24) is 15.2 Å². The largest absolute Gasteiger partial charge is 0.378 e. The minimum Gasteiger partial charge on any atom is -0.378 e. The maximum atomic E-state index is 12.0. The van der Waals surface area contributed by atoms with Gasteiger partial charge in [0.05, 0.1) is 13.2 Å². The molecular formula is C20H22ClN7O2. The fourth-order valence-corrected chi connectivity index (χ4v) is 3.38. The van der Waals surface area contributed by atoms with Crippen LogP contribution in [0.4, 0.5) is 23.1 Å². The number of hydrogen-bond acceptors (Lipinski definition) is 7. The van der Waals surface area contributed by atoms with Crippen LogP contribution in [0.3, 0.4) is 0 Å². The first-order valence-electron chi connectivity index (χ1n) is 9.52. The number of anilines is 4. The van der Waals surface area contributed by atoms with Crippen molar-refractivity contribution < 1.29 is 9.53 Å². The van der Waals surface area contributed by atoms with Gasteiger partial charge >= 0.3 is 0 Å². The molecular weight excluding hydrogens is 406 g/mol. The van der Waals surface area contributed by atoms with Crippen molar-refractivity contribution in [2.75, 3.05) is 41.8 Å². The summed E-state index contributed by atoms with van der Waals surface area (Å²) < 4.78 is 5.37. The third kappa shape index (κ3) is 4.64. The van der Waals surface area contributed by atoms with Gasteiger partial charge in [-0.3, -0.25) is 9.89 Å². The van der Waals surface area contributed by atoms with Gasteiger partial charge in [0.1, 0.15) is 17.2 Å². The van der Waals surface area contributed by atoms with Gasteiger partial charge in [-0.05, 0) is 29.8 Å². The van der Waals surface area contributed by atoms with Crippen molar-refractivity contribution in [2.24, 2.45) is 5.73 Å². The number of benzene rings is 1. The van der Waals surface area contributed by atoms with Gasteiger partial charge in [-0.25, -0.2) is 4.98 Å². The maximum absolute atomic E-state index is 12.0. The van der Waals surface area contributed by atoms with Gasteiger partial charge in [-0.15, -0.1) is 0 Å². The molecule has 0 unspecified atom stereocenters. The zero-order valence-corrected chi connectivity index (χ0v) is 16.9. The van der Waals surface area contributed by atoms with Crippen LogP contribution >= 0.6 is 11.6 Å². The number of ether oxygens (including phenoxy) is 1. The highest BCUT2D eigenvalue weighted by atomic mass is 35.5. The molecule has 0 radical (unpaired) electrons. The van der Waals surface area contributed by atoms with E-state index in [0.717, 1.165) is 24.5 Å². The quantitative estimate of drug-likeness (QED) is 0.457. The molecule has 0 bridgehead atoms. The van der Waals surface area contributed by atoms with Crippen molar-refractivity contribution >= 4 is 40.6 Å². The molecule has 156 valence electrons. The average molecular weight is 428 g/mol. The number of amides is 1. The van der Waals surface area contributed by atoms with Crippen LogP contribution in [0.25, 0.3) is 0 Å². The van der Waals surface area contributed by atoms with E-state index in [9.17, 15) is 4.79 Å². The number of nitrogens with one attached hydrogen (secondary N) is 3. The lowest BCUT2D eigenvalue weighted by Crippen LogP contribution is -2.36. The van der Waals surface area contributed by atoms with Crippen LogP contribution in [0.5, 0.6) is 0 Å². The number of nitrogens with two attached hydrogens (primary N) is 1. The van der Waals surface area contributed by atoms with E-state index in [0.29, 0.717) is 42.1 Å². The van der Waals surface area contributed by atoms with Crippen molar-refractivity contribution in [3.05, 3.63) is 58.7 Å². The normalized spacial score (nSPS) is 13.8. The lowest BCUT2D eigenvalue weighted by molar-refractivity contribution is 0.100. The molecule has 1 fully saturated rings. The van der Waals surface area contributed by atoms with Crippen LogP contribution in [-0.2, 0) is 11.3 Å². The second kappa shape index (κ2) is 9.02. The first-order valence-corrected chi connectivity index (χ1v) is 9.90. The number of pyridine rings is 1.